The van der Waals surface area contributed by atoms with Crippen molar-refractivity contribution in [2.45, 2.75) is 24.8 Å². The van der Waals surface area contributed by atoms with E-state index in [1.165, 1.54) is 18.4 Å². The summed E-state index contributed by atoms with van der Waals surface area (Å²) in [6.45, 7) is 2.10. The minimum Gasteiger partial charge on any atom is -0.469 e. The van der Waals surface area contributed by atoms with Crippen LogP contribution in [0.5, 0.6) is 0 Å². The van der Waals surface area contributed by atoms with Gasteiger partial charge < -0.3 is 9.73 Å². The molecule has 1 aromatic carbocycles. The second-order valence-corrected chi connectivity index (χ2v) is 6.05. The first kappa shape index (κ1) is 15.3. The number of carbonyl (C=O) groups excluding carboxylic acids is 1. The largest absolute Gasteiger partial charge is 0.469 e. The molecule has 0 aliphatic carbocycles. The molecule has 21 heavy (non-hydrogen) atoms. The van der Waals surface area contributed by atoms with Crippen molar-refractivity contribution in [1.29, 1.82) is 0 Å². The molecule has 2 rings (SSSR count). The van der Waals surface area contributed by atoms with Gasteiger partial charge in [0.05, 0.1) is 16.7 Å². The highest BCUT2D eigenvalue weighted by molar-refractivity contribution is 7.89. The Balaban J connectivity index is 2.08. The van der Waals surface area contributed by atoms with E-state index in [4.69, 9.17) is 9.56 Å². The van der Waals surface area contributed by atoms with Crippen molar-refractivity contribution in [2.75, 3.05) is 0 Å². The topological polar surface area (TPSA) is 102 Å². The lowest BCUT2D eigenvalue weighted by Crippen LogP contribution is -2.23. The van der Waals surface area contributed by atoms with Crippen LogP contribution in [0.2, 0.25) is 0 Å². The first-order chi connectivity index (χ1) is 9.91. The number of hydrogen-bond acceptors (Lipinski definition) is 4. The van der Waals surface area contributed by atoms with Crippen LogP contribution < -0.4 is 10.5 Å². The normalized spacial score (nSPS) is 11.3. The van der Waals surface area contributed by atoms with Gasteiger partial charge in [-0.25, -0.2) is 13.6 Å². The molecule has 0 fully saturated rings. The Bertz CT molecular complexity index is 750. The molecule has 1 heterocycles. The fourth-order valence-corrected chi connectivity index (χ4v) is 2.51. The number of furan rings is 1. The number of amides is 1. The van der Waals surface area contributed by atoms with Crippen LogP contribution in [-0.4, -0.2) is 14.3 Å². The van der Waals surface area contributed by atoms with Crippen molar-refractivity contribution >= 4 is 15.9 Å². The summed E-state index contributed by atoms with van der Waals surface area (Å²) in [7, 11) is -3.75. The van der Waals surface area contributed by atoms with E-state index in [2.05, 4.69) is 5.32 Å². The van der Waals surface area contributed by atoms with E-state index < -0.39 is 10.0 Å². The average molecular weight is 308 g/mol. The van der Waals surface area contributed by atoms with Crippen molar-refractivity contribution < 1.29 is 17.6 Å². The van der Waals surface area contributed by atoms with Crippen LogP contribution in [-0.2, 0) is 23.0 Å². The number of carbonyl (C=O) groups is 1. The molecule has 0 saturated heterocycles. The summed E-state index contributed by atoms with van der Waals surface area (Å²) in [6.07, 6.45) is 2.09. The Morgan fingerprint density at radius 3 is 2.76 bits per heavy atom. The molecular formula is C14H16N2O4S. The smallest absolute Gasteiger partial charge is 0.255 e. The van der Waals surface area contributed by atoms with Crippen LogP contribution in [0.4, 0.5) is 0 Å². The molecule has 0 atom stereocenters. The molecule has 6 nitrogen and oxygen atoms in total. The summed E-state index contributed by atoms with van der Waals surface area (Å²) >= 11 is 0. The zero-order valence-corrected chi connectivity index (χ0v) is 12.3. The van der Waals surface area contributed by atoms with Crippen LogP contribution in [0, 0.1) is 0 Å². The lowest BCUT2D eigenvalue weighted by Gasteiger charge is -2.06. The second-order valence-electron chi connectivity index (χ2n) is 4.49. The van der Waals surface area contributed by atoms with Gasteiger partial charge in [0.2, 0.25) is 10.0 Å². The number of benzene rings is 1. The molecule has 7 heteroatoms. The third-order valence-corrected chi connectivity index (χ3v) is 3.90. The number of aryl methyl sites for hydroxylation is 1. The fraction of sp³-hybridized carbons (Fsp3) is 0.214. The molecule has 3 N–H and O–H groups in total. The first-order valence-electron chi connectivity index (χ1n) is 6.38. The molecule has 112 valence electrons. The Morgan fingerprint density at radius 2 is 2.10 bits per heavy atom. The average Bonchev–Trinajstić information content (AvgIpc) is 2.92. The zero-order valence-electron chi connectivity index (χ0n) is 11.5. The van der Waals surface area contributed by atoms with Gasteiger partial charge in [-0.1, -0.05) is 19.1 Å². The lowest BCUT2D eigenvalue weighted by molar-refractivity contribution is 0.0949. The predicted molar refractivity (Wildman–Crippen MR) is 77.1 cm³/mol. The molecule has 0 aliphatic heterocycles. The van der Waals surface area contributed by atoms with E-state index in [0.717, 1.165) is 0 Å². The number of sulfonamides is 1. The second kappa shape index (κ2) is 6.11. The fourth-order valence-electron chi connectivity index (χ4n) is 1.93. The Morgan fingerprint density at radius 1 is 1.33 bits per heavy atom. The number of hydrogen-bond donors (Lipinski definition) is 2. The van der Waals surface area contributed by atoms with E-state index in [0.29, 0.717) is 23.3 Å². The molecule has 0 radical (unpaired) electrons. The molecule has 0 saturated carbocycles. The Hall–Kier alpha value is -2.12. The van der Waals surface area contributed by atoms with Crippen molar-refractivity contribution in [3.05, 3.63) is 53.5 Å². The van der Waals surface area contributed by atoms with Crippen molar-refractivity contribution in [3.8, 4) is 0 Å². The molecule has 2 aromatic rings. The molecular weight excluding hydrogens is 292 g/mol. The zero-order chi connectivity index (χ0) is 15.5. The maximum absolute atomic E-state index is 12.0. The van der Waals surface area contributed by atoms with Gasteiger partial charge in [0.25, 0.3) is 5.91 Å². The molecule has 0 spiro atoms. The van der Waals surface area contributed by atoms with Crippen LogP contribution in [0.25, 0.3) is 0 Å². The summed E-state index contributed by atoms with van der Waals surface area (Å²) in [5.74, 6) is 0.354. The summed E-state index contributed by atoms with van der Waals surface area (Å²) in [6, 6.07) is 7.74. The van der Waals surface area contributed by atoms with Crippen molar-refractivity contribution in [2.24, 2.45) is 5.14 Å². The maximum atomic E-state index is 12.0. The first-order valence-corrected chi connectivity index (χ1v) is 7.92. The lowest BCUT2D eigenvalue weighted by atomic mass is 10.2. The summed E-state index contributed by atoms with van der Waals surface area (Å²) in [5.41, 5.74) is 1.14. The van der Waals surface area contributed by atoms with Crippen LogP contribution in [0.3, 0.4) is 0 Å². The Labute approximate surface area is 123 Å². The highest BCUT2D eigenvalue weighted by atomic mass is 32.2. The number of rotatable bonds is 5. The van der Waals surface area contributed by atoms with E-state index >= 15 is 0 Å². The number of nitrogens with two attached hydrogens (primary N) is 1. The van der Waals surface area contributed by atoms with E-state index in [-0.39, 0.29) is 17.3 Å². The summed E-state index contributed by atoms with van der Waals surface area (Å²) in [4.78, 5) is 12.0. The van der Waals surface area contributed by atoms with Crippen molar-refractivity contribution in [1.82, 2.24) is 5.32 Å². The van der Waals surface area contributed by atoms with E-state index in [9.17, 15) is 13.2 Å². The predicted octanol–water partition coefficient (Wildman–Crippen LogP) is 1.42. The standard InChI is InChI=1S/C14H16N2O4S/c1-2-13-12(6-7-20-13)14(17)16-9-10-4-3-5-11(8-10)21(15,18)19/h3-8H,2,9H2,1H3,(H,16,17)(H2,15,18,19). The third-order valence-electron chi connectivity index (χ3n) is 2.99. The van der Waals surface area contributed by atoms with Gasteiger partial charge in [-0.15, -0.1) is 0 Å². The Kier molecular flexibility index (Phi) is 4.44. The maximum Gasteiger partial charge on any atom is 0.255 e. The molecule has 0 bridgehead atoms. The summed E-state index contributed by atoms with van der Waals surface area (Å²) < 4.78 is 27.7. The number of nitrogens with one attached hydrogen (secondary N) is 1. The third kappa shape index (κ3) is 3.71. The van der Waals surface area contributed by atoms with E-state index in [1.807, 2.05) is 6.92 Å². The van der Waals surface area contributed by atoms with Crippen LogP contribution >= 0.6 is 0 Å². The van der Waals surface area contributed by atoms with Gasteiger partial charge in [-0.3, -0.25) is 4.79 Å². The monoisotopic (exact) mass is 308 g/mol. The quantitative estimate of drug-likeness (QED) is 0.872. The van der Waals surface area contributed by atoms with Gasteiger partial charge in [0, 0.05) is 13.0 Å². The van der Waals surface area contributed by atoms with Gasteiger partial charge in [-0.05, 0) is 23.8 Å². The SMILES string of the molecule is CCc1occc1C(=O)NCc1cccc(S(N)(=O)=O)c1. The minimum atomic E-state index is -3.75. The molecule has 1 amide bonds. The molecule has 1 aromatic heterocycles. The minimum absolute atomic E-state index is 0.0202. The van der Waals surface area contributed by atoms with Crippen molar-refractivity contribution in [3.63, 3.8) is 0 Å². The molecule has 0 unspecified atom stereocenters. The highest BCUT2D eigenvalue weighted by Gasteiger charge is 2.13. The van der Waals surface area contributed by atoms with Crippen LogP contribution in [0.1, 0.15) is 28.6 Å². The molecule has 0 aliphatic rings. The van der Waals surface area contributed by atoms with Gasteiger partial charge in [-0.2, -0.15) is 0 Å². The van der Waals surface area contributed by atoms with Gasteiger partial charge in [0.1, 0.15) is 5.76 Å². The van der Waals surface area contributed by atoms with E-state index in [1.54, 1.807) is 18.2 Å². The highest BCUT2D eigenvalue weighted by Crippen LogP contribution is 2.12. The van der Waals surface area contributed by atoms with Gasteiger partial charge >= 0.3 is 0 Å². The van der Waals surface area contributed by atoms with Crippen LogP contribution in [0.15, 0.2) is 45.9 Å². The van der Waals surface area contributed by atoms with Gasteiger partial charge in [0.15, 0.2) is 0 Å². The summed E-state index contributed by atoms with van der Waals surface area (Å²) in [5, 5.41) is 7.79. The number of primary sulfonamides is 1.